The second-order valence-corrected chi connectivity index (χ2v) is 5.43. The van der Waals surface area contributed by atoms with E-state index in [1.807, 2.05) is 0 Å². The molecule has 2 heteroatoms. The van der Waals surface area contributed by atoms with Gasteiger partial charge in [0.2, 0.25) is 0 Å². The van der Waals surface area contributed by atoms with Gasteiger partial charge in [-0.15, -0.1) is 0 Å². The number of hydrogen-bond donors (Lipinski definition) is 1. The van der Waals surface area contributed by atoms with Gasteiger partial charge >= 0.3 is 0 Å². The molecule has 1 aromatic heterocycles. The number of nitrogens with one attached hydrogen (secondary N) is 1. The van der Waals surface area contributed by atoms with Gasteiger partial charge in [0.15, 0.2) is 0 Å². The molecule has 2 nitrogen and oxygen atoms in total. The fraction of sp³-hybridized carbons (Fsp3) is 0.769. The number of aromatic nitrogens is 2. The first-order valence-electron chi connectivity index (χ1n) is 6.15. The van der Waals surface area contributed by atoms with Crippen LogP contribution in [0.4, 0.5) is 0 Å². The summed E-state index contributed by atoms with van der Waals surface area (Å²) in [5.41, 5.74) is 2.73. The summed E-state index contributed by atoms with van der Waals surface area (Å²) in [4.78, 5) is 8.28. The highest BCUT2D eigenvalue weighted by Crippen LogP contribution is 2.27. The highest BCUT2D eigenvalue weighted by Gasteiger charge is 2.21. The maximum atomic E-state index is 4.75. The van der Waals surface area contributed by atoms with Crippen LogP contribution in [0.3, 0.4) is 0 Å². The van der Waals surface area contributed by atoms with Gasteiger partial charge in [-0.3, -0.25) is 0 Å². The second kappa shape index (κ2) is 3.99. The Morgan fingerprint density at radius 2 is 2.07 bits per heavy atom. The number of fused-ring (bicyclic) bond motifs is 1. The molecule has 0 fully saturated rings. The van der Waals surface area contributed by atoms with Crippen LogP contribution >= 0.6 is 0 Å². The van der Waals surface area contributed by atoms with E-state index in [0.29, 0.717) is 11.8 Å². The van der Waals surface area contributed by atoms with Crippen molar-refractivity contribution >= 4 is 0 Å². The van der Waals surface area contributed by atoms with Crippen LogP contribution in [0, 0.1) is 11.8 Å². The minimum absolute atomic E-state index is 0.547. The third-order valence-electron chi connectivity index (χ3n) is 3.74. The Balaban J connectivity index is 2.22. The maximum absolute atomic E-state index is 4.75. The van der Waals surface area contributed by atoms with E-state index in [2.05, 4.69) is 32.7 Å². The zero-order chi connectivity index (χ0) is 11.0. The molecule has 15 heavy (non-hydrogen) atoms. The van der Waals surface area contributed by atoms with Gasteiger partial charge in [0, 0.05) is 11.6 Å². The minimum Gasteiger partial charge on any atom is -0.345 e. The first-order chi connectivity index (χ1) is 7.08. The van der Waals surface area contributed by atoms with Gasteiger partial charge in [0.25, 0.3) is 0 Å². The average molecular weight is 206 g/mol. The number of aryl methyl sites for hydroxylation is 1. The summed E-state index contributed by atoms with van der Waals surface area (Å²) >= 11 is 0. The Morgan fingerprint density at radius 1 is 1.33 bits per heavy atom. The molecule has 2 rings (SSSR count). The molecule has 1 aromatic rings. The van der Waals surface area contributed by atoms with E-state index in [1.165, 1.54) is 30.1 Å². The van der Waals surface area contributed by atoms with Gasteiger partial charge in [-0.25, -0.2) is 4.98 Å². The number of aromatic amines is 1. The molecule has 1 heterocycles. The summed E-state index contributed by atoms with van der Waals surface area (Å²) in [7, 11) is 0. The van der Waals surface area contributed by atoms with E-state index < -0.39 is 0 Å². The van der Waals surface area contributed by atoms with E-state index in [1.54, 1.807) is 0 Å². The van der Waals surface area contributed by atoms with Crippen LogP contribution in [0.5, 0.6) is 0 Å². The molecular weight excluding hydrogens is 184 g/mol. The van der Waals surface area contributed by atoms with Gasteiger partial charge in [-0.05, 0) is 31.1 Å². The molecule has 0 bridgehead atoms. The molecule has 0 saturated carbocycles. The predicted octanol–water partition coefficient (Wildman–Crippen LogP) is 3.29. The number of nitrogens with zero attached hydrogens (tertiary/aromatic N) is 1. The van der Waals surface area contributed by atoms with Gasteiger partial charge in [0.05, 0.1) is 5.69 Å². The largest absolute Gasteiger partial charge is 0.345 e. The molecule has 1 aliphatic carbocycles. The highest BCUT2D eigenvalue weighted by atomic mass is 14.9. The molecule has 0 aromatic carbocycles. The zero-order valence-corrected chi connectivity index (χ0v) is 10.3. The second-order valence-electron chi connectivity index (χ2n) is 5.43. The number of hydrogen-bond acceptors (Lipinski definition) is 1. The van der Waals surface area contributed by atoms with Crippen molar-refractivity contribution in [2.24, 2.45) is 11.8 Å². The molecule has 0 saturated heterocycles. The fourth-order valence-corrected chi connectivity index (χ4v) is 2.21. The molecular formula is C13H22N2. The van der Waals surface area contributed by atoms with Crippen LogP contribution in [0.2, 0.25) is 0 Å². The lowest BCUT2D eigenvalue weighted by Gasteiger charge is -2.16. The minimum atomic E-state index is 0.547. The molecule has 0 aliphatic heterocycles. The first-order valence-corrected chi connectivity index (χ1v) is 6.15. The number of rotatable bonds is 2. The summed E-state index contributed by atoms with van der Waals surface area (Å²) in [5.74, 6) is 3.23. The predicted molar refractivity (Wildman–Crippen MR) is 63.0 cm³/mol. The normalized spacial score (nSPS) is 22.9. The zero-order valence-electron chi connectivity index (χ0n) is 10.3. The third-order valence-corrected chi connectivity index (χ3v) is 3.74. The van der Waals surface area contributed by atoms with Gasteiger partial charge in [-0.2, -0.15) is 0 Å². The summed E-state index contributed by atoms with van der Waals surface area (Å²) in [6.45, 7) is 9.11. The Bertz CT molecular complexity index is 338. The summed E-state index contributed by atoms with van der Waals surface area (Å²) in [6.07, 6.45) is 3.65. The third kappa shape index (κ3) is 2.09. The quantitative estimate of drug-likeness (QED) is 0.790. The van der Waals surface area contributed by atoms with Crippen LogP contribution in [-0.4, -0.2) is 9.97 Å². The molecule has 1 aliphatic rings. The van der Waals surface area contributed by atoms with E-state index >= 15 is 0 Å². The van der Waals surface area contributed by atoms with Crippen molar-refractivity contribution in [1.82, 2.24) is 9.97 Å². The summed E-state index contributed by atoms with van der Waals surface area (Å²) in [6, 6.07) is 0. The van der Waals surface area contributed by atoms with Crippen molar-refractivity contribution in [3.8, 4) is 0 Å². The van der Waals surface area contributed by atoms with Crippen LogP contribution in [0.1, 0.15) is 57.2 Å². The number of imidazole rings is 1. The van der Waals surface area contributed by atoms with Crippen molar-refractivity contribution in [2.75, 3.05) is 0 Å². The lowest BCUT2D eigenvalue weighted by molar-refractivity contribution is 0.491. The molecule has 0 amide bonds. The lowest BCUT2D eigenvalue weighted by atomic mass is 9.92. The van der Waals surface area contributed by atoms with E-state index in [-0.39, 0.29) is 0 Å². The van der Waals surface area contributed by atoms with Gasteiger partial charge in [-0.1, -0.05) is 27.7 Å². The molecule has 1 N–H and O–H groups in total. The van der Waals surface area contributed by atoms with Crippen molar-refractivity contribution in [2.45, 2.75) is 52.9 Å². The molecule has 84 valence electrons. The van der Waals surface area contributed by atoms with E-state index in [0.717, 1.165) is 12.3 Å². The Hall–Kier alpha value is -0.790. The Labute approximate surface area is 92.5 Å². The fourth-order valence-electron chi connectivity index (χ4n) is 2.21. The Kier molecular flexibility index (Phi) is 2.85. The molecule has 2 atom stereocenters. The monoisotopic (exact) mass is 206 g/mol. The highest BCUT2D eigenvalue weighted by molar-refractivity contribution is 5.20. The summed E-state index contributed by atoms with van der Waals surface area (Å²) < 4.78 is 0. The van der Waals surface area contributed by atoms with Crippen LogP contribution in [0.15, 0.2) is 0 Å². The molecule has 2 unspecified atom stereocenters. The smallest absolute Gasteiger partial charge is 0.109 e. The topological polar surface area (TPSA) is 28.7 Å². The Morgan fingerprint density at radius 3 is 2.73 bits per heavy atom. The summed E-state index contributed by atoms with van der Waals surface area (Å²) in [5, 5.41) is 0. The van der Waals surface area contributed by atoms with Crippen LogP contribution in [-0.2, 0) is 12.8 Å². The van der Waals surface area contributed by atoms with Crippen molar-refractivity contribution < 1.29 is 0 Å². The van der Waals surface area contributed by atoms with Crippen molar-refractivity contribution in [3.05, 3.63) is 17.2 Å². The van der Waals surface area contributed by atoms with Crippen LogP contribution < -0.4 is 0 Å². The van der Waals surface area contributed by atoms with E-state index in [9.17, 15) is 0 Å². The molecule has 0 spiro atoms. The van der Waals surface area contributed by atoms with E-state index in [4.69, 9.17) is 4.98 Å². The van der Waals surface area contributed by atoms with Crippen molar-refractivity contribution in [3.63, 3.8) is 0 Å². The lowest BCUT2D eigenvalue weighted by Crippen LogP contribution is -2.10. The number of H-pyrrole nitrogens is 1. The van der Waals surface area contributed by atoms with Gasteiger partial charge < -0.3 is 4.98 Å². The van der Waals surface area contributed by atoms with Gasteiger partial charge in [0.1, 0.15) is 5.82 Å². The SMILES string of the molecule is CC1CCc2nc(C(C)C(C)C)[nH]c2C1. The van der Waals surface area contributed by atoms with Crippen molar-refractivity contribution in [1.29, 1.82) is 0 Å². The standard InChI is InChI=1S/C13H22N2/c1-8(2)10(4)13-14-11-6-5-9(3)7-12(11)15-13/h8-10H,5-7H2,1-4H3,(H,14,15). The first kappa shape index (κ1) is 10.7. The van der Waals surface area contributed by atoms with Crippen LogP contribution in [0.25, 0.3) is 0 Å². The molecule has 0 radical (unpaired) electrons. The maximum Gasteiger partial charge on any atom is 0.109 e. The average Bonchev–Trinajstić information content (AvgIpc) is 2.58.